The first kappa shape index (κ1) is 13.2. The minimum absolute atomic E-state index is 0.542. The van der Waals surface area contributed by atoms with E-state index >= 15 is 0 Å². The van der Waals surface area contributed by atoms with Gasteiger partial charge in [-0.2, -0.15) is 0 Å². The number of aryl methyl sites for hydroxylation is 3. The second-order valence-electron chi connectivity index (χ2n) is 5.87. The molecule has 20 heavy (non-hydrogen) atoms. The van der Waals surface area contributed by atoms with E-state index in [0.717, 1.165) is 12.4 Å². The largest absolute Gasteiger partial charge is 0.493 e. The van der Waals surface area contributed by atoms with Gasteiger partial charge in [-0.25, -0.2) is 0 Å². The van der Waals surface area contributed by atoms with E-state index < -0.39 is 0 Å². The molecule has 3 rings (SSSR count). The van der Waals surface area contributed by atoms with Crippen molar-refractivity contribution in [1.82, 2.24) is 0 Å². The molecule has 1 unspecified atom stereocenters. The Kier molecular flexibility index (Phi) is 3.77. The lowest BCUT2D eigenvalue weighted by molar-refractivity contribution is 0.273. The maximum atomic E-state index is 6.11. The number of ether oxygens (including phenoxy) is 1. The second kappa shape index (κ2) is 5.70. The maximum Gasteiger partial charge on any atom is 0.122 e. The Labute approximate surface area is 121 Å². The van der Waals surface area contributed by atoms with Gasteiger partial charge < -0.3 is 4.74 Å². The van der Waals surface area contributed by atoms with E-state index in [1.165, 1.54) is 41.5 Å². The second-order valence-corrected chi connectivity index (χ2v) is 5.87. The van der Waals surface area contributed by atoms with Crippen LogP contribution in [0.1, 0.15) is 41.0 Å². The van der Waals surface area contributed by atoms with Crippen LogP contribution in [0.4, 0.5) is 0 Å². The average Bonchev–Trinajstić information content (AvgIpc) is 2.48. The predicted molar refractivity (Wildman–Crippen MR) is 83.5 cm³/mol. The van der Waals surface area contributed by atoms with Crippen LogP contribution in [0, 0.1) is 13.8 Å². The van der Waals surface area contributed by atoms with Crippen molar-refractivity contribution >= 4 is 0 Å². The molecule has 0 aromatic heterocycles. The molecule has 0 aliphatic heterocycles. The van der Waals surface area contributed by atoms with E-state index in [0.29, 0.717) is 5.92 Å². The van der Waals surface area contributed by atoms with Crippen molar-refractivity contribution in [3.8, 4) is 5.75 Å². The molecule has 0 saturated heterocycles. The van der Waals surface area contributed by atoms with E-state index in [-0.39, 0.29) is 0 Å². The van der Waals surface area contributed by atoms with Crippen LogP contribution in [0.5, 0.6) is 5.75 Å². The summed E-state index contributed by atoms with van der Waals surface area (Å²) < 4.78 is 6.11. The van der Waals surface area contributed by atoms with Gasteiger partial charge in [0.15, 0.2) is 0 Å². The van der Waals surface area contributed by atoms with Gasteiger partial charge in [0.1, 0.15) is 5.75 Å². The zero-order chi connectivity index (χ0) is 13.9. The highest BCUT2D eigenvalue weighted by atomic mass is 16.5. The smallest absolute Gasteiger partial charge is 0.122 e. The van der Waals surface area contributed by atoms with Gasteiger partial charge in [-0.1, -0.05) is 36.4 Å². The van der Waals surface area contributed by atoms with Crippen LogP contribution in [0.25, 0.3) is 0 Å². The maximum absolute atomic E-state index is 6.11. The third-order valence-electron chi connectivity index (χ3n) is 4.28. The summed E-state index contributed by atoms with van der Waals surface area (Å²) in [6, 6.07) is 15.2. The predicted octanol–water partition coefficient (Wildman–Crippen LogP) is 4.80. The minimum Gasteiger partial charge on any atom is -0.493 e. The molecule has 0 N–H and O–H groups in total. The molecule has 0 bridgehead atoms. The van der Waals surface area contributed by atoms with Crippen molar-refractivity contribution in [2.24, 2.45) is 0 Å². The Morgan fingerprint density at radius 2 is 1.95 bits per heavy atom. The molecule has 1 aliphatic carbocycles. The summed E-state index contributed by atoms with van der Waals surface area (Å²) in [5.41, 5.74) is 5.48. The molecule has 0 spiro atoms. The van der Waals surface area contributed by atoms with Gasteiger partial charge in [0, 0.05) is 5.92 Å². The molecule has 2 aromatic rings. The highest BCUT2D eigenvalue weighted by Gasteiger charge is 2.20. The first-order chi connectivity index (χ1) is 9.74. The highest BCUT2D eigenvalue weighted by Crippen LogP contribution is 2.32. The number of rotatable bonds is 3. The fourth-order valence-corrected chi connectivity index (χ4v) is 3.08. The first-order valence-corrected chi connectivity index (χ1v) is 7.52. The normalized spacial score (nSPS) is 17.6. The van der Waals surface area contributed by atoms with Crippen molar-refractivity contribution in [1.29, 1.82) is 0 Å². The van der Waals surface area contributed by atoms with Crippen molar-refractivity contribution < 1.29 is 4.74 Å². The number of benzene rings is 2. The van der Waals surface area contributed by atoms with Gasteiger partial charge in [0.25, 0.3) is 0 Å². The van der Waals surface area contributed by atoms with Crippen LogP contribution < -0.4 is 4.74 Å². The average molecular weight is 266 g/mol. The third-order valence-corrected chi connectivity index (χ3v) is 4.28. The van der Waals surface area contributed by atoms with Crippen LogP contribution in [0.2, 0.25) is 0 Å². The van der Waals surface area contributed by atoms with Gasteiger partial charge in [-0.05, 0) is 61.4 Å². The quantitative estimate of drug-likeness (QED) is 0.775. The van der Waals surface area contributed by atoms with Crippen LogP contribution in [-0.4, -0.2) is 6.61 Å². The van der Waals surface area contributed by atoms with Crippen LogP contribution in [0.15, 0.2) is 42.5 Å². The van der Waals surface area contributed by atoms with Crippen molar-refractivity contribution in [2.45, 2.75) is 39.0 Å². The fourth-order valence-electron chi connectivity index (χ4n) is 3.08. The molecule has 1 heteroatoms. The Hall–Kier alpha value is -1.76. The van der Waals surface area contributed by atoms with Gasteiger partial charge in [-0.3, -0.25) is 0 Å². The summed E-state index contributed by atoms with van der Waals surface area (Å²) in [5, 5.41) is 0. The summed E-state index contributed by atoms with van der Waals surface area (Å²) >= 11 is 0. The van der Waals surface area contributed by atoms with E-state index in [9.17, 15) is 0 Å². The monoisotopic (exact) mass is 266 g/mol. The molecule has 0 amide bonds. The summed E-state index contributed by atoms with van der Waals surface area (Å²) in [6.45, 7) is 5.02. The molecule has 0 heterocycles. The lowest BCUT2D eigenvalue weighted by Crippen LogP contribution is -2.16. The van der Waals surface area contributed by atoms with E-state index in [1.54, 1.807) is 0 Å². The number of fused-ring (bicyclic) bond motifs is 1. The van der Waals surface area contributed by atoms with Crippen LogP contribution in [0.3, 0.4) is 0 Å². The first-order valence-electron chi connectivity index (χ1n) is 7.52. The molecule has 0 saturated carbocycles. The molecule has 0 fully saturated rings. The van der Waals surface area contributed by atoms with Crippen LogP contribution >= 0.6 is 0 Å². The van der Waals surface area contributed by atoms with Gasteiger partial charge >= 0.3 is 0 Å². The van der Waals surface area contributed by atoms with Crippen LogP contribution in [-0.2, 0) is 6.42 Å². The SMILES string of the molecule is Cc1ccc(C)c(OCC2CCCc3ccccc32)c1. The molecule has 1 atom stereocenters. The summed E-state index contributed by atoms with van der Waals surface area (Å²) in [7, 11) is 0. The molecular formula is C19H22O. The molecular weight excluding hydrogens is 244 g/mol. The fraction of sp³-hybridized carbons (Fsp3) is 0.368. The third kappa shape index (κ3) is 2.72. The van der Waals surface area contributed by atoms with Crippen molar-refractivity contribution in [3.63, 3.8) is 0 Å². The van der Waals surface area contributed by atoms with Crippen molar-refractivity contribution in [2.75, 3.05) is 6.61 Å². The Morgan fingerprint density at radius 3 is 2.85 bits per heavy atom. The zero-order valence-corrected chi connectivity index (χ0v) is 12.4. The summed E-state index contributed by atoms with van der Waals surface area (Å²) in [5.74, 6) is 1.58. The topological polar surface area (TPSA) is 9.23 Å². The zero-order valence-electron chi connectivity index (χ0n) is 12.4. The van der Waals surface area contributed by atoms with Gasteiger partial charge in [0.05, 0.1) is 6.61 Å². The Balaban J connectivity index is 1.75. The molecule has 2 aromatic carbocycles. The summed E-state index contributed by atoms with van der Waals surface area (Å²) in [6.07, 6.45) is 3.73. The Bertz CT molecular complexity index is 600. The Morgan fingerprint density at radius 1 is 1.10 bits per heavy atom. The highest BCUT2D eigenvalue weighted by molar-refractivity contribution is 5.37. The van der Waals surface area contributed by atoms with E-state index in [2.05, 4.69) is 56.3 Å². The van der Waals surface area contributed by atoms with E-state index in [4.69, 9.17) is 4.74 Å². The minimum atomic E-state index is 0.542. The number of hydrogen-bond acceptors (Lipinski definition) is 1. The summed E-state index contributed by atoms with van der Waals surface area (Å²) in [4.78, 5) is 0. The molecule has 1 nitrogen and oxygen atoms in total. The van der Waals surface area contributed by atoms with Crippen molar-refractivity contribution in [3.05, 3.63) is 64.7 Å². The lowest BCUT2D eigenvalue weighted by Gasteiger charge is -2.25. The molecule has 0 radical (unpaired) electrons. The lowest BCUT2D eigenvalue weighted by atomic mass is 9.83. The van der Waals surface area contributed by atoms with E-state index in [1.807, 2.05) is 0 Å². The number of hydrogen-bond donors (Lipinski definition) is 0. The van der Waals surface area contributed by atoms with Gasteiger partial charge in [0.2, 0.25) is 0 Å². The standard InChI is InChI=1S/C19H22O/c1-14-10-11-15(2)19(12-14)20-13-17-8-5-7-16-6-3-4-9-18(16)17/h3-4,6,9-12,17H,5,7-8,13H2,1-2H3. The molecule has 1 aliphatic rings. The molecule has 104 valence electrons. The van der Waals surface area contributed by atoms with Gasteiger partial charge in [-0.15, -0.1) is 0 Å².